The minimum absolute atomic E-state index is 0.719. The van der Waals surface area contributed by atoms with E-state index in [4.69, 9.17) is 9.47 Å². The maximum Gasteiger partial charge on any atom is 0.153 e. The van der Waals surface area contributed by atoms with Gasteiger partial charge in [0.15, 0.2) is 5.82 Å². The molecule has 0 saturated heterocycles. The van der Waals surface area contributed by atoms with E-state index in [9.17, 15) is 0 Å². The molecule has 1 N–H and O–H groups in total. The van der Waals surface area contributed by atoms with Crippen LogP contribution in [0.25, 0.3) is 5.82 Å². The van der Waals surface area contributed by atoms with E-state index in [-0.39, 0.29) is 0 Å². The third-order valence-electron chi connectivity index (χ3n) is 4.29. The maximum atomic E-state index is 5.55. The van der Waals surface area contributed by atoms with E-state index in [1.165, 1.54) is 5.56 Å². The number of nitrogens with one attached hydrogen (secondary N) is 1. The van der Waals surface area contributed by atoms with Crippen molar-refractivity contribution in [1.82, 2.24) is 20.1 Å². The number of pyridine rings is 1. The van der Waals surface area contributed by atoms with Crippen molar-refractivity contribution in [2.24, 2.45) is 0 Å². The second kappa shape index (κ2) is 8.49. The van der Waals surface area contributed by atoms with Crippen LogP contribution in [-0.2, 0) is 19.5 Å². The number of aryl methyl sites for hydroxylation is 1. The number of ether oxygens (including phenoxy) is 2. The fraction of sp³-hybridized carbons (Fsp3) is 0.300. The normalized spacial score (nSPS) is 10.7. The van der Waals surface area contributed by atoms with Gasteiger partial charge in [-0.1, -0.05) is 13.0 Å². The molecule has 0 aliphatic carbocycles. The zero-order valence-corrected chi connectivity index (χ0v) is 15.4. The largest absolute Gasteiger partial charge is 0.497 e. The minimum atomic E-state index is 0.719. The van der Waals surface area contributed by atoms with Crippen LogP contribution in [0.1, 0.15) is 23.6 Å². The second-order valence-corrected chi connectivity index (χ2v) is 5.90. The molecule has 0 bridgehead atoms. The van der Waals surface area contributed by atoms with Gasteiger partial charge in [0, 0.05) is 43.3 Å². The van der Waals surface area contributed by atoms with E-state index in [2.05, 4.69) is 34.5 Å². The predicted molar refractivity (Wildman–Crippen MR) is 101 cm³/mol. The highest BCUT2D eigenvalue weighted by Crippen LogP contribution is 2.29. The van der Waals surface area contributed by atoms with Gasteiger partial charge < -0.3 is 14.8 Å². The van der Waals surface area contributed by atoms with Gasteiger partial charge in [-0.3, -0.25) is 0 Å². The SMILES string of the molecule is CCc1cc(OC)cc(OC)c1CNCc1ccc(-n2cccn2)nc1. The van der Waals surface area contributed by atoms with Crippen LogP contribution in [0.3, 0.4) is 0 Å². The molecular formula is C20H24N4O2. The molecule has 0 aliphatic heterocycles. The summed E-state index contributed by atoms with van der Waals surface area (Å²) < 4.78 is 12.6. The topological polar surface area (TPSA) is 61.2 Å². The van der Waals surface area contributed by atoms with Gasteiger partial charge in [0.25, 0.3) is 0 Å². The molecule has 136 valence electrons. The highest BCUT2D eigenvalue weighted by atomic mass is 16.5. The number of hydrogen-bond acceptors (Lipinski definition) is 5. The molecule has 6 heteroatoms. The molecule has 3 rings (SSSR count). The third-order valence-corrected chi connectivity index (χ3v) is 4.29. The molecule has 0 saturated carbocycles. The Hall–Kier alpha value is -2.86. The Kier molecular flexibility index (Phi) is 5.86. The molecule has 0 radical (unpaired) electrons. The van der Waals surface area contributed by atoms with Gasteiger partial charge in [-0.25, -0.2) is 9.67 Å². The number of benzene rings is 1. The van der Waals surface area contributed by atoms with Crippen molar-refractivity contribution in [1.29, 1.82) is 0 Å². The van der Waals surface area contributed by atoms with Gasteiger partial charge in [0.2, 0.25) is 0 Å². The van der Waals surface area contributed by atoms with Gasteiger partial charge >= 0.3 is 0 Å². The summed E-state index contributed by atoms with van der Waals surface area (Å²) in [5, 5.41) is 7.66. The molecular weight excluding hydrogens is 328 g/mol. The van der Waals surface area contributed by atoms with E-state index in [0.717, 1.165) is 48.0 Å². The lowest BCUT2D eigenvalue weighted by molar-refractivity contribution is 0.388. The highest BCUT2D eigenvalue weighted by Gasteiger charge is 2.11. The number of aromatic nitrogens is 3. The second-order valence-electron chi connectivity index (χ2n) is 5.90. The summed E-state index contributed by atoms with van der Waals surface area (Å²) >= 11 is 0. The summed E-state index contributed by atoms with van der Waals surface area (Å²) in [6.45, 7) is 3.58. The molecule has 6 nitrogen and oxygen atoms in total. The summed E-state index contributed by atoms with van der Waals surface area (Å²) in [6.07, 6.45) is 6.41. The third kappa shape index (κ3) is 4.03. The quantitative estimate of drug-likeness (QED) is 0.675. The maximum absolute atomic E-state index is 5.55. The zero-order chi connectivity index (χ0) is 18.4. The lowest BCUT2D eigenvalue weighted by atomic mass is 10.0. The molecule has 3 aromatic rings. The van der Waals surface area contributed by atoms with Crippen molar-refractivity contribution in [2.45, 2.75) is 26.4 Å². The Bertz CT molecular complexity index is 805. The highest BCUT2D eigenvalue weighted by molar-refractivity contribution is 5.46. The van der Waals surface area contributed by atoms with Gasteiger partial charge in [0.1, 0.15) is 11.5 Å². The molecule has 0 fully saturated rings. The summed E-state index contributed by atoms with van der Waals surface area (Å²) in [5.41, 5.74) is 3.50. The van der Waals surface area contributed by atoms with Crippen LogP contribution in [0.15, 0.2) is 48.9 Å². The van der Waals surface area contributed by atoms with E-state index in [1.807, 2.05) is 30.6 Å². The average molecular weight is 352 g/mol. The molecule has 2 aromatic heterocycles. The van der Waals surface area contributed by atoms with Crippen LogP contribution in [0.5, 0.6) is 11.5 Å². The van der Waals surface area contributed by atoms with Crippen molar-refractivity contribution in [2.75, 3.05) is 14.2 Å². The first-order chi connectivity index (χ1) is 12.7. The molecule has 1 aromatic carbocycles. The smallest absolute Gasteiger partial charge is 0.153 e. The van der Waals surface area contributed by atoms with E-state index >= 15 is 0 Å². The standard InChI is InChI=1S/C20H24N4O2/c1-4-16-10-17(25-2)11-19(26-3)18(16)14-21-12-15-6-7-20(22-13-15)24-9-5-8-23-24/h5-11,13,21H,4,12,14H2,1-3H3. The number of methoxy groups -OCH3 is 2. The van der Waals surface area contributed by atoms with E-state index in [1.54, 1.807) is 25.1 Å². The Morgan fingerprint density at radius 1 is 1.12 bits per heavy atom. The molecule has 0 aliphatic rings. The van der Waals surface area contributed by atoms with Gasteiger partial charge in [-0.2, -0.15) is 5.10 Å². The molecule has 0 spiro atoms. The Morgan fingerprint density at radius 3 is 2.62 bits per heavy atom. The van der Waals surface area contributed by atoms with Gasteiger partial charge in [-0.05, 0) is 35.7 Å². The van der Waals surface area contributed by atoms with Crippen LogP contribution in [0, 0.1) is 0 Å². The number of hydrogen-bond donors (Lipinski definition) is 1. The Balaban J connectivity index is 1.66. The number of rotatable bonds is 8. The first-order valence-corrected chi connectivity index (χ1v) is 8.64. The molecule has 2 heterocycles. The van der Waals surface area contributed by atoms with Crippen molar-refractivity contribution >= 4 is 0 Å². The van der Waals surface area contributed by atoms with Crippen molar-refractivity contribution in [3.63, 3.8) is 0 Å². The van der Waals surface area contributed by atoms with Crippen LogP contribution in [0.4, 0.5) is 0 Å². The Morgan fingerprint density at radius 2 is 2.00 bits per heavy atom. The predicted octanol–water partition coefficient (Wildman–Crippen LogP) is 3.14. The van der Waals surface area contributed by atoms with Crippen molar-refractivity contribution in [3.05, 3.63) is 65.6 Å². The molecule has 0 unspecified atom stereocenters. The lowest BCUT2D eigenvalue weighted by Gasteiger charge is -2.16. The molecule has 26 heavy (non-hydrogen) atoms. The number of nitrogens with zero attached hydrogens (tertiary/aromatic N) is 3. The first kappa shape index (κ1) is 17.9. The lowest BCUT2D eigenvalue weighted by Crippen LogP contribution is -2.15. The van der Waals surface area contributed by atoms with Gasteiger partial charge in [0.05, 0.1) is 14.2 Å². The van der Waals surface area contributed by atoms with Crippen LogP contribution in [-0.4, -0.2) is 29.0 Å². The first-order valence-electron chi connectivity index (χ1n) is 8.64. The minimum Gasteiger partial charge on any atom is -0.497 e. The van der Waals surface area contributed by atoms with Crippen LogP contribution >= 0.6 is 0 Å². The Labute approximate surface area is 153 Å². The fourth-order valence-electron chi connectivity index (χ4n) is 2.88. The molecule has 0 atom stereocenters. The van der Waals surface area contributed by atoms with E-state index in [0.29, 0.717) is 0 Å². The van der Waals surface area contributed by atoms with Gasteiger partial charge in [-0.15, -0.1) is 0 Å². The summed E-state index contributed by atoms with van der Waals surface area (Å²) in [5.74, 6) is 2.48. The van der Waals surface area contributed by atoms with Crippen LogP contribution < -0.4 is 14.8 Å². The van der Waals surface area contributed by atoms with Crippen LogP contribution in [0.2, 0.25) is 0 Å². The zero-order valence-electron chi connectivity index (χ0n) is 15.4. The summed E-state index contributed by atoms with van der Waals surface area (Å²) in [6, 6.07) is 9.90. The van der Waals surface area contributed by atoms with E-state index < -0.39 is 0 Å². The summed E-state index contributed by atoms with van der Waals surface area (Å²) in [4.78, 5) is 4.46. The van der Waals surface area contributed by atoms with Crippen molar-refractivity contribution in [3.8, 4) is 17.3 Å². The molecule has 0 amide bonds. The average Bonchev–Trinajstić information content (AvgIpc) is 3.23. The monoisotopic (exact) mass is 352 g/mol. The van der Waals surface area contributed by atoms with Crippen molar-refractivity contribution < 1.29 is 9.47 Å². The summed E-state index contributed by atoms with van der Waals surface area (Å²) in [7, 11) is 3.36. The fourth-order valence-corrected chi connectivity index (χ4v) is 2.88.